The molecule has 0 bridgehead atoms. The molecular weight excluding hydrogens is 313 g/mol. The van der Waals surface area contributed by atoms with Crippen LogP contribution >= 0.6 is 11.3 Å². The summed E-state index contributed by atoms with van der Waals surface area (Å²) >= 11 is 1.43. The van der Waals surface area contributed by atoms with Gasteiger partial charge in [-0.15, -0.1) is 11.3 Å². The van der Waals surface area contributed by atoms with Crippen molar-refractivity contribution in [2.45, 2.75) is 24.9 Å². The molecule has 2 N–H and O–H groups in total. The number of thiazole rings is 1. The Balaban J connectivity index is 2.20. The third-order valence-electron chi connectivity index (χ3n) is 2.78. The average Bonchev–Trinajstić information content (AvgIpc) is 2.85. The third kappa shape index (κ3) is 4.07. The Bertz CT molecular complexity index is 729. The highest BCUT2D eigenvalue weighted by atomic mass is 32.2. The van der Waals surface area contributed by atoms with Crippen LogP contribution in [0.5, 0.6) is 0 Å². The fourth-order valence-electron chi connectivity index (χ4n) is 1.80. The van der Waals surface area contributed by atoms with Gasteiger partial charge in [0.2, 0.25) is 10.0 Å². The van der Waals surface area contributed by atoms with Gasteiger partial charge in [0, 0.05) is 11.9 Å². The van der Waals surface area contributed by atoms with Crippen molar-refractivity contribution < 1.29 is 12.8 Å². The highest BCUT2D eigenvalue weighted by Crippen LogP contribution is 2.17. The predicted octanol–water partition coefficient (Wildman–Crippen LogP) is 1.79. The minimum absolute atomic E-state index is 0.0440. The number of hydrogen-bond donors (Lipinski definition) is 2. The van der Waals surface area contributed by atoms with Crippen LogP contribution in [-0.4, -0.2) is 20.4 Å². The average molecular weight is 329 g/mol. The summed E-state index contributed by atoms with van der Waals surface area (Å²) in [5.74, 6) is -0.767. The highest BCUT2D eigenvalue weighted by molar-refractivity contribution is 7.89. The van der Waals surface area contributed by atoms with Gasteiger partial charge in [-0.1, -0.05) is 6.07 Å². The SMILES string of the molecule is CNCc1ccc(F)c(S(=O)(=O)NCc2csc(C)n2)c1. The van der Waals surface area contributed by atoms with Crippen LogP contribution in [0.4, 0.5) is 4.39 Å². The Morgan fingerprint density at radius 1 is 1.33 bits per heavy atom. The fraction of sp³-hybridized carbons (Fsp3) is 0.308. The maximum absolute atomic E-state index is 13.8. The van der Waals surface area contributed by atoms with Gasteiger partial charge in [-0.2, -0.15) is 0 Å². The lowest BCUT2D eigenvalue weighted by molar-refractivity contribution is 0.555. The van der Waals surface area contributed by atoms with Crippen LogP contribution in [0.3, 0.4) is 0 Å². The van der Waals surface area contributed by atoms with Gasteiger partial charge in [0.05, 0.1) is 17.2 Å². The van der Waals surface area contributed by atoms with E-state index in [0.717, 1.165) is 11.1 Å². The lowest BCUT2D eigenvalue weighted by Gasteiger charge is -2.08. The van der Waals surface area contributed by atoms with Gasteiger partial charge < -0.3 is 5.32 Å². The Kier molecular flexibility index (Phi) is 5.04. The molecule has 0 aliphatic carbocycles. The number of nitrogens with zero attached hydrogens (tertiary/aromatic N) is 1. The van der Waals surface area contributed by atoms with Crippen molar-refractivity contribution in [1.82, 2.24) is 15.0 Å². The van der Waals surface area contributed by atoms with E-state index in [1.807, 2.05) is 6.92 Å². The number of nitrogens with one attached hydrogen (secondary N) is 2. The summed E-state index contributed by atoms with van der Waals surface area (Å²) < 4.78 is 40.5. The van der Waals surface area contributed by atoms with E-state index in [2.05, 4.69) is 15.0 Å². The molecule has 0 aliphatic heterocycles. The minimum atomic E-state index is -3.91. The number of halogens is 1. The molecule has 0 fully saturated rings. The Hall–Kier alpha value is -1.35. The van der Waals surface area contributed by atoms with Gasteiger partial charge in [-0.05, 0) is 31.7 Å². The fourth-order valence-corrected chi connectivity index (χ4v) is 3.54. The highest BCUT2D eigenvalue weighted by Gasteiger charge is 2.19. The molecule has 5 nitrogen and oxygen atoms in total. The van der Waals surface area contributed by atoms with Crippen LogP contribution in [0.15, 0.2) is 28.5 Å². The van der Waals surface area contributed by atoms with Crippen LogP contribution in [0.2, 0.25) is 0 Å². The lowest BCUT2D eigenvalue weighted by Crippen LogP contribution is -2.24. The van der Waals surface area contributed by atoms with Gasteiger partial charge in [0.15, 0.2) is 0 Å². The molecule has 2 rings (SSSR count). The number of rotatable bonds is 6. The zero-order chi connectivity index (χ0) is 15.5. The molecule has 0 atom stereocenters. The van der Waals surface area contributed by atoms with E-state index in [9.17, 15) is 12.8 Å². The van der Waals surface area contributed by atoms with Crippen LogP contribution in [-0.2, 0) is 23.1 Å². The summed E-state index contributed by atoms with van der Waals surface area (Å²) in [6.45, 7) is 2.35. The van der Waals surface area contributed by atoms with Crippen molar-refractivity contribution in [1.29, 1.82) is 0 Å². The third-order valence-corrected chi connectivity index (χ3v) is 5.01. The molecule has 8 heteroatoms. The number of aromatic nitrogens is 1. The quantitative estimate of drug-likeness (QED) is 0.847. The summed E-state index contributed by atoms with van der Waals surface area (Å²) in [7, 11) is -2.17. The molecule has 2 aromatic rings. The summed E-state index contributed by atoms with van der Waals surface area (Å²) in [6.07, 6.45) is 0. The molecular formula is C13H16FN3O2S2. The lowest BCUT2D eigenvalue weighted by atomic mass is 10.2. The Morgan fingerprint density at radius 2 is 2.10 bits per heavy atom. The zero-order valence-corrected chi connectivity index (χ0v) is 13.3. The van der Waals surface area contributed by atoms with Crippen molar-refractivity contribution in [3.8, 4) is 0 Å². The second kappa shape index (κ2) is 6.61. The van der Waals surface area contributed by atoms with E-state index in [4.69, 9.17) is 0 Å². The van der Waals surface area contributed by atoms with Gasteiger partial charge in [0.1, 0.15) is 10.7 Å². The molecule has 0 amide bonds. The zero-order valence-electron chi connectivity index (χ0n) is 11.7. The molecule has 114 valence electrons. The van der Waals surface area contributed by atoms with Crippen molar-refractivity contribution in [2.75, 3.05) is 7.05 Å². The molecule has 1 heterocycles. The van der Waals surface area contributed by atoms with E-state index in [1.54, 1.807) is 18.5 Å². The number of aryl methyl sites for hydroxylation is 1. The first-order chi connectivity index (χ1) is 9.92. The largest absolute Gasteiger partial charge is 0.316 e. The predicted molar refractivity (Wildman–Crippen MR) is 80.0 cm³/mol. The molecule has 0 radical (unpaired) electrons. The van der Waals surface area contributed by atoms with Crippen molar-refractivity contribution >= 4 is 21.4 Å². The molecule has 0 aliphatic rings. The molecule has 0 unspecified atom stereocenters. The van der Waals surface area contributed by atoms with Crippen LogP contribution in [0, 0.1) is 12.7 Å². The van der Waals surface area contributed by atoms with Gasteiger partial charge in [-0.3, -0.25) is 0 Å². The minimum Gasteiger partial charge on any atom is -0.316 e. The molecule has 1 aromatic carbocycles. The summed E-state index contributed by atoms with van der Waals surface area (Å²) in [5.41, 5.74) is 1.32. The first-order valence-electron chi connectivity index (χ1n) is 6.26. The van der Waals surface area contributed by atoms with Gasteiger partial charge in [-0.25, -0.2) is 22.5 Å². The van der Waals surface area contributed by atoms with Crippen molar-refractivity contribution in [3.63, 3.8) is 0 Å². The van der Waals surface area contributed by atoms with E-state index in [-0.39, 0.29) is 11.4 Å². The van der Waals surface area contributed by atoms with E-state index in [1.165, 1.54) is 17.4 Å². The van der Waals surface area contributed by atoms with E-state index < -0.39 is 15.8 Å². The molecule has 0 spiro atoms. The second-order valence-corrected chi connectivity index (χ2v) is 7.28. The molecule has 21 heavy (non-hydrogen) atoms. The molecule has 0 saturated carbocycles. The van der Waals surface area contributed by atoms with Gasteiger partial charge in [0.25, 0.3) is 0 Å². The molecule has 0 saturated heterocycles. The van der Waals surface area contributed by atoms with E-state index >= 15 is 0 Å². The summed E-state index contributed by atoms with van der Waals surface area (Å²) in [4.78, 5) is 3.82. The number of benzene rings is 1. The number of hydrogen-bond acceptors (Lipinski definition) is 5. The first kappa shape index (κ1) is 16.0. The number of sulfonamides is 1. The monoisotopic (exact) mass is 329 g/mol. The van der Waals surface area contributed by atoms with Crippen molar-refractivity contribution in [2.24, 2.45) is 0 Å². The molecule has 1 aromatic heterocycles. The second-order valence-electron chi connectivity index (χ2n) is 4.48. The van der Waals surface area contributed by atoms with Gasteiger partial charge >= 0.3 is 0 Å². The van der Waals surface area contributed by atoms with Crippen LogP contribution < -0.4 is 10.0 Å². The topological polar surface area (TPSA) is 71.1 Å². The Morgan fingerprint density at radius 3 is 2.71 bits per heavy atom. The summed E-state index contributed by atoms with van der Waals surface area (Å²) in [5, 5.41) is 5.52. The van der Waals surface area contributed by atoms with E-state index in [0.29, 0.717) is 17.8 Å². The maximum Gasteiger partial charge on any atom is 0.243 e. The maximum atomic E-state index is 13.8. The standard InChI is InChI=1S/C13H16FN3O2S2/c1-9-17-11(8-20-9)7-16-21(18,19)13-5-10(6-15-2)3-4-12(13)14/h3-5,8,15-16H,6-7H2,1-2H3. The summed E-state index contributed by atoms with van der Waals surface area (Å²) in [6, 6.07) is 4.04. The Labute approximate surface area is 127 Å². The normalized spacial score (nSPS) is 11.8. The smallest absolute Gasteiger partial charge is 0.243 e. The van der Waals surface area contributed by atoms with Crippen LogP contribution in [0.1, 0.15) is 16.3 Å². The van der Waals surface area contributed by atoms with Crippen molar-refractivity contribution in [3.05, 3.63) is 45.7 Å². The first-order valence-corrected chi connectivity index (χ1v) is 8.62. The van der Waals surface area contributed by atoms with Crippen LogP contribution in [0.25, 0.3) is 0 Å².